The summed E-state index contributed by atoms with van der Waals surface area (Å²) in [5.41, 5.74) is 1.12. The lowest BCUT2D eigenvalue weighted by Crippen LogP contribution is -1.91. The van der Waals surface area contributed by atoms with Gasteiger partial charge in [0.1, 0.15) is 5.75 Å². The molecule has 0 atom stereocenters. The molecule has 2 aromatic rings. The first-order valence-corrected chi connectivity index (χ1v) is 5.82. The highest BCUT2D eigenvalue weighted by Gasteiger charge is 2.01. The Morgan fingerprint density at radius 3 is 2.59 bits per heavy atom. The predicted octanol–water partition coefficient (Wildman–Crippen LogP) is 3.55. The van der Waals surface area contributed by atoms with Crippen molar-refractivity contribution in [3.63, 3.8) is 0 Å². The molecule has 0 spiro atoms. The van der Waals surface area contributed by atoms with Crippen molar-refractivity contribution in [3.8, 4) is 5.75 Å². The molecule has 2 aromatic carbocycles. The molecular weight excluding hydrogens is 236 g/mol. The van der Waals surface area contributed by atoms with Crippen molar-refractivity contribution < 1.29 is 9.53 Å². The average molecular weight is 249 g/mol. The van der Waals surface area contributed by atoms with Crippen molar-refractivity contribution in [1.29, 1.82) is 0 Å². The Morgan fingerprint density at radius 1 is 1.18 bits per heavy atom. The number of aryl methyl sites for hydroxylation is 1. The van der Waals surface area contributed by atoms with Gasteiger partial charge in [0.15, 0.2) is 0 Å². The van der Waals surface area contributed by atoms with Gasteiger partial charge in [-0.2, -0.15) is 0 Å². The highest BCUT2D eigenvalue weighted by molar-refractivity contribution is 6.63. The van der Waals surface area contributed by atoms with Crippen molar-refractivity contribution in [1.82, 2.24) is 0 Å². The molecule has 0 aromatic heterocycles. The van der Waals surface area contributed by atoms with E-state index in [0.717, 1.165) is 22.1 Å². The van der Waals surface area contributed by atoms with Crippen molar-refractivity contribution in [2.24, 2.45) is 0 Å². The molecule has 2 rings (SSSR count). The average Bonchev–Trinajstić information content (AvgIpc) is 2.35. The summed E-state index contributed by atoms with van der Waals surface area (Å²) in [4.78, 5) is 10.7. The highest BCUT2D eigenvalue weighted by atomic mass is 35.5. The maximum Gasteiger partial charge on any atom is 0.221 e. The minimum absolute atomic E-state index is 0.292. The first-order chi connectivity index (χ1) is 8.19. The monoisotopic (exact) mass is 248 g/mol. The van der Waals surface area contributed by atoms with Crippen LogP contribution in [0.1, 0.15) is 12.0 Å². The Morgan fingerprint density at radius 2 is 1.88 bits per heavy atom. The fraction of sp³-hybridized carbons (Fsp3) is 0.214. The van der Waals surface area contributed by atoms with E-state index in [1.807, 2.05) is 30.3 Å². The number of hydrogen-bond donors (Lipinski definition) is 0. The molecule has 0 unspecified atom stereocenters. The smallest absolute Gasteiger partial charge is 0.221 e. The fourth-order valence-electron chi connectivity index (χ4n) is 1.80. The zero-order valence-corrected chi connectivity index (χ0v) is 10.3. The molecule has 0 heterocycles. The zero-order valence-electron chi connectivity index (χ0n) is 9.57. The lowest BCUT2D eigenvalue weighted by atomic mass is 10.0. The molecule has 3 heteroatoms. The summed E-state index contributed by atoms with van der Waals surface area (Å²) < 4.78 is 5.17. The molecule has 88 valence electrons. The van der Waals surface area contributed by atoms with Gasteiger partial charge in [-0.15, -0.1) is 0 Å². The first kappa shape index (κ1) is 11.9. The first-order valence-electron chi connectivity index (χ1n) is 5.44. The molecule has 0 bridgehead atoms. The van der Waals surface area contributed by atoms with Crippen LogP contribution in [0.3, 0.4) is 0 Å². The minimum Gasteiger partial charge on any atom is -0.497 e. The third-order valence-corrected chi connectivity index (χ3v) is 2.91. The largest absolute Gasteiger partial charge is 0.497 e. The van der Waals surface area contributed by atoms with Gasteiger partial charge in [0, 0.05) is 6.42 Å². The van der Waals surface area contributed by atoms with Crippen LogP contribution in [0.2, 0.25) is 0 Å². The van der Waals surface area contributed by atoms with Crippen LogP contribution in [0.4, 0.5) is 0 Å². The van der Waals surface area contributed by atoms with Crippen LogP contribution < -0.4 is 4.74 Å². The van der Waals surface area contributed by atoms with Crippen molar-refractivity contribution in [3.05, 3.63) is 42.0 Å². The van der Waals surface area contributed by atoms with Crippen LogP contribution in [0, 0.1) is 0 Å². The van der Waals surface area contributed by atoms with Gasteiger partial charge in [0.2, 0.25) is 5.24 Å². The Labute approximate surface area is 105 Å². The number of rotatable bonds is 4. The Bertz CT molecular complexity index is 549. The van der Waals surface area contributed by atoms with Crippen LogP contribution in [-0.4, -0.2) is 12.4 Å². The summed E-state index contributed by atoms with van der Waals surface area (Å²) in [6.07, 6.45) is 1.06. The molecule has 0 aliphatic heterocycles. The minimum atomic E-state index is -0.292. The number of hydrogen-bond acceptors (Lipinski definition) is 2. The maximum atomic E-state index is 10.7. The van der Waals surface area contributed by atoms with Crippen molar-refractivity contribution in [2.45, 2.75) is 12.8 Å². The number of fused-ring (bicyclic) bond motifs is 1. The lowest BCUT2D eigenvalue weighted by Gasteiger charge is -2.04. The van der Waals surface area contributed by atoms with Gasteiger partial charge in [-0.3, -0.25) is 4.79 Å². The number of benzene rings is 2. The van der Waals surface area contributed by atoms with Gasteiger partial charge in [-0.1, -0.05) is 24.3 Å². The van der Waals surface area contributed by atoms with E-state index < -0.39 is 0 Å². The Balaban J connectivity index is 2.28. The number of ether oxygens (including phenoxy) is 1. The van der Waals surface area contributed by atoms with Crippen LogP contribution in [-0.2, 0) is 11.2 Å². The van der Waals surface area contributed by atoms with Crippen LogP contribution >= 0.6 is 11.6 Å². The fourth-order valence-corrected chi connectivity index (χ4v) is 1.89. The van der Waals surface area contributed by atoms with Crippen LogP contribution in [0.5, 0.6) is 5.75 Å². The molecule has 0 saturated carbocycles. The molecule has 0 N–H and O–H groups in total. The molecule has 0 aliphatic carbocycles. The third kappa shape index (κ3) is 2.98. The third-order valence-electron chi connectivity index (χ3n) is 2.72. The second kappa shape index (κ2) is 5.19. The number of carbonyl (C=O) groups excluding carboxylic acids is 1. The van der Waals surface area contributed by atoms with Crippen molar-refractivity contribution in [2.75, 3.05) is 7.11 Å². The van der Waals surface area contributed by atoms with E-state index in [9.17, 15) is 4.79 Å². The highest BCUT2D eigenvalue weighted by Crippen LogP contribution is 2.22. The second-order valence-corrected chi connectivity index (χ2v) is 4.32. The van der Waals surface area contributed by atoms with Gasteiger partial charge in [-0.05, 0) is 46.5 Å². The SMILES string of the molecule is COc1ccc2cc(CCC(=O)Cl)ccc2c1. The quantitative estimate of drug-likeness (QED) is 0.774. The van der Waals surface area contributed by atoms with Gasteiger partial charge in [0.25, 0.3) is 0 Å². The van der Waals surface area contributed by atoms with E-state index in [-0.39, 0.29) is 5.24 Å². The molecule has 0 amide bonds. The predicted molar refractivity (Wildman–Crippen MR) is 69.7 cm³/mol. The summed E-state index contributed by atoms with van der Waals surface area (Å²) >= 11 is 5.33. The molecular formula is C14H13ClO2. The van der Waals surface area contributed by atoms with E-state index in [2.05, 4.69) is 6.07 Å². The van der Waals surface area contributed by atoms with Gasteiger partial charge in [-0.25, -0.2) is 0 Å². The summed E-state index contributed by atoms with van der Waals surface area (Å²) in [5.74, 6) is 0.848. The number of halogens is 1. The van der Waals surface area contributed by atoms with E-state index in [1.165, 1.54) is 0 Å². The summed E-state index contributed by atoms with van der Waals surface area (Å²) in [5, 5.41) is 1.98. The molecule has 0 fully saturated rings. The zero-order chi connectivity index (χ0) is 12.3. The van der Waals surface area contributed by atoms with Crippen LogP contribution in [0.15, 0.2) is 36.4 Å². The summed E-state index contributed by atoms with van der Waals surface area (Å²) in [6.45, 7) is 0. The molecule has 0 saturated heterocycles. The molecule has 0 radical (unpaired) electrons. The van der Waals surface area contributed by atoms with Gasteiger partial charge >= 0.3 is 0 Å². The molecule has 0 aliphatic rings. The molecule has 17 heavy (non-hydrogen) atoms. The van der Waals surface area contributed by atoms with E-state index in [0.29, 0.717) is 12.8 Å². The Hall–Kier alpha value is -1.54. The topological polar surface area (TPSA) is 26.3 Å². The number of methoxy groups -OCH3 is 1. The normalized spacial score (nSPS) is 10.5. The van der Waals surface area contributed by atoms with E-state index >= 15 is 0 Å². The van der Waals surface area contributed by atoms with Gasteiger partial charge < -0.3 is 4.74 Å². The van der Waals surface area contributed by atoms with Crippen LogP contribution in [0.25, 0.3) is 10.8 Å². The summed E-state index contributed by atoms with van der Waals surface area (Å²) in [7, 11) is 1.65. The standard InChI is InChI=1S/C14H13ClO2/c1-17-13-6-5-11-8-10(3-7-14(15)16)2-4-12(11)9-13/h2,4-6,8-9H,3,7H2,1H3. The maximum absolute atomic E-state index is 10.7. The number of carbonyl (C=O) groups is 1. The van der Waals surface area contributed by atoms with E-state index in [1.54, 1.807) is 7.11 Å². The second-order valence-electron chi connectivity index (χ2n) is 3.90. The Kier molecular flexibility index (Phi) is 3.64. The molecule has 2 nitrogen and oxygen atoms in total. The van der Waals surface area contributed by atoms with Gasteiger partial charge in [0.05, 0.1) is 7.11 Å². The van der Waals surface area contributed by atoms with Crippen molar-refractivity contribution >= 4 is 27.6 Å². The summed E-state index contributed by atoms with van der Waals surface area (Å²) in [6, 6.07) is 12.1. The lowest BCUT2D eigenvalue weighted by molar-refractivity contribution is -0.111. The van der Waals surface area contributed by atoms with E-state index in [4.69, 9.17) is 16.3 Å².